The SMILES string of the molecule is CC(C)c1c(F)c(F)c(-c2c(F)c(F)c(F)c(-c3c(F)c(F)c(C(C)C)c(F)c3F)c2F)c(F)c1F. The van der Waals surface area contributed by atoms with Gasteiger partial charge in [-0.2, -0.15) is 0 Å². The van der Waals surface area contributed by atoms with Crippen molar-refractivity contribution in [3.63, 3.8) is 0 Å². The second kappa shape index (κ2) is 9.36. The molecule has 0 saturated heterocycles. The maximum absolute atomic E-state index is 15.3. The summed E-state index contributed by atoms with van der Waals surface area (Å²) in [4.78, 5) is 0. The Morgan fingerprint density at radius 3 is 0.694 bits per heavy atom. The van der Waals surface area contributed by atoms with Crippen LogP contribution in [0.2, 0.25) is 0 Å². The fourth-order valence-electron chi connectivity index (χ4n) is 3.82. The predicted octanol–water partition coefficient (Wildman–Crippen LogP) is 8.94. The zero-order valence-electron chi connectivity index (χ0n) is 18.7. The lowest BCUT2D eigenvalue weighted by molar-refractivity contribution is 0.420. The van der Waals surface area contributed by atoms with Crippen LogP contribution >= 0.6 is 0 Å². The zero-order chi connectivity index (χ0) is 27.5. The minimum Gasteiger partial charge on any atom is -0.205 e. The summed E-state index contributed by atoms with van der Waals surface area (Å²) in [5.41, 5.74) is -11.4. The molecule has 0 spiro atoms. The van der Waals surface area contributed by atoms with Crippen molar-refractivity contribution in [3.05, 3.63) is 80.9 Å². The molecule has 0 fully saturated rings. The van der Waals surface area contributed by atoms with E-state index in [1.807, 2.05) is 0 Å². The molecule has 0 amide bonds. The fourth-order valence-corrected chi connectivity index (χ4v) is 3.82. The van der Waals surface area contributed by atoms with E-state index in [1.54, 1.807) is 0 Å². The van der Waals surface area contributed by atoms with Gasteiger partial charge < -0.3 is 0 Å². The maximum atomic E-state index is 15.3. The van der Waals surface area contributed by atoms with Crippen LogP contribution in [0.1, 0.15) is 50.7 Å². The smallest absolute Gasteiger partial charge is 0.195 e. The van der Waals surface area contributed by atoms with Crippen molar-refractivity contribution in [2.45, 2.75) is 39.5 Å². The van der Waals surface area contributed by atoms with E-state index in [4.69, 9.17) is 0 Å². The van der Waals surface area contributed by atoms with Crippen LogP contribution < -0.4 is 0 Å². The lowest BCUT2D eigenvalue weighted by Gasteiger charge is -2.19. The van der Waals surface area contributed by atoms with E-state index in [9.17, 15) is 48.3 Å². The molecule has 0 bridgehead atoms. The van der Waals surface area contributed by atoms with Gasteiger partial charge in [-0.25, -0.2) is 52.7 Å². The van der Waals surface area contributed by atoms with E-state index >= 15 is 4.39 Å². The van der Waals surface area contributed by atoms with Gasteiger partial charge in [0.25, 0.3) is 0 Å². The standard InChI is InChI=1S/C24H14F12/c1-5(2)7-14(26)18(30)11(19(31)15(7)27)9-13(25)10(23(35)24(36)22(9)34)12-20(32)16(28)8(6(3)4)17(29)21(12)33/h5-6H,1-4H3. The highest BCUT2D eigenvalue weighted by molar-refractivity contribution is 5.77. The zero-order valence-corrected chi connectivity index (χ0v) is 18.7. The second-order valence-corrected chi connectivity index (χ2v) is 8.40. The molecule has 3 aromatic carbocycles. The molecule has 3 rings (SSSR count). The highest BCUT2D eigenvalue weighted by Gasteiger charge is 2.38. The molecule has 0 heterocycles. The molecule has 0 aliphatic carbocycles. The van der Waals surface area contributed by atoms with Crippen molar-refractivity contribution >= 4 is 0 Å². The van der Waals surface area contributed by atoms with Crippen LogP contribution in [0.5, 0.6) is 0 Å². The summed E-state index contributed by atoms with van der Waals surface area (Å²) in [5, 5.41) is 0. The molecule has 3 aromatic rings. The Bertz CT molecular complexity index is 1250. The summed E-state index contributed by atoms with van der Waals surface area (Å²) < 4.78 is 175. The molecule has 194 valence electrons. The third-order valence-electron chi connectivity index (χ3n) is 5.51. The van der Waals surface area contributed by atoms with Gasteiger partial charge in [0.2, 0.25) is 0 Å². The van der Waals surface area contributed by atoms with Crippen molar-refractivity contribution in [1.29, 1.82) is 0 Å². The highest BCUT2D eigenvalue weighted by Crippen LogP contribution is 2.44. The Labute approximate surface area is 196 Å². The third-order valence-corrected chi connectivity index (χ3v) is 5.51. The van der Waals surface area contributed by atoms with Crippen molar-refractivity contribution in [2.75, 3.05) is 0 Å². The Hall–Kier alpha value is -3.18. The largest absolute Gasteiger partial charge is 0.205 e. The molecule has 0 radical (unpaired) electrons. The van der Waals surface area contributed by atoms with Crippen LogP contribution in [-0.2, 0) is 0 Å². The van der Waals surface area contributed by atoms with Gasteiger partial charge in [-0.15, -0.1) is 0 Å². The van der Waals surface area contributed by atoms with Crippen molar-refractivity contribution in [2.24, 2.45) is 0 Å². The molecule has 0 aliphatic rings. The summed E-state index contributed by atoms with van der Waals surface area (Å²) in [6.45, 7) is 4.41. The number of rotatable bonds is 4. The molecule has 0 nitrogen and oxygen atoms in total. The molecule has 0 aromatic heterocycles. The molecule has 0 unspecified atom stereocenters. The van der Waals surface area contributed by atoms with E-state index in [-0.39, 0.29) is 0 Å². The van der Waals surface area contributed by atoms with E-state index in [2.05, 4.69) is 0 Å². The lowest BCUT2D eigenvalue weighted by Crippen LogP contribution is -2.13. The number of benzene rings is 3. The average molecular weight is 530 g/mol. The van der Waals surface area contributed by atoms with Gasteiger partial charge >= 0.3 is 0 Å². The average Bonchev–Trinajstić information content (AvgIpc) is 2.79. The maximum Gasteiger partial charge on any atom is 0.195 e. The van der Waals surface area contributed by atoms with E-state index in [1.165, 1.54) is 0 Å². The summed E-state index contributed by atoms with van der Waals surface area (Å²) in [6, 6.07) is 0. The van der Waals surface area contributed by atoms with Crippen LogP contribution in [0.3, 0.4) is 0 Å². The third kappa shape index (κ3) is 3.81. The van der Waals surface area contributed by atoms with Crippen LogP contribution in [0.4, 0.5) is 52.7 Å². The highest BCUT2D eigenvalue weighted by atomic mass is 19.2. The van der Waals surface area contributed by atoms with Crippen molar-refractivity contribution in [3.8, 4) is 22.3 Å². The summed E-state index contributed by atoms with van der Waals surface area (Å²) >= 11 is 0. The first kappa shape index (κ1) is 27.4. The Kier molecular flexibility index (Phi) is 7.13. The summed E-state index contributed by atoms with van der Waals surface area (Å²) in [5.74, 6) is -31.7. The lowest BCUT2D eigenvalue weighted by atomic mass is 9.90. The van der Waals surface area contributed by atoms with Crippen LogP contribution in [0.15, 0.2) is 0 Å². The predicted molar refractivity (Wildman–Crippen MR) is 105 cm³/mol. The first-order valence-electron chi connectivity index (χ1n) is 10.2. The fraction of sp³-hybridized carbons (Fsp3) is 0.250. The molecule has 36 heavy (non-hydrogen) atoms. The first-order valence-corrected chi connectivity index (χ1v) is 10.2. The molecule has 12 heteroatoms. The Morgan fingerprint density at radius 1 is 0.278 bits per heavy atom. The molecule has 0 atom stereocenters. The van der Waals surface area contributed by atoms with Gasteiger partial charge in [0, 0.05) is 11.1 Å². The normalized spacial score (nSPS) is 11.8. The number of halogens is 12. The summed E-state index contributed by atoms with van der Waals surface area (Å²) in [7, 11) is 0. The Balaban J connectivity index is 2.56. The van der Waals surface area contributed by atoms with Gasteiger partial charge in [0.1, 0.15) is 5.82 Å². The quantitative estimate of drug-likeness (QED) is 0.180. The minimum atomic E-state index is -2.80. The molecular formula is C24H14F12. The van der Waals surface area contributed by atoms with Gasteiger partial charge in [0.05, 0.1) is 22.3 Å². The number of hydrogen-bond donors (Lipinski definition) is 0. The first-order chi connectivity index (χ1) is 16.6. The summed E-state index contributed by atoms with van der Waals surface area (Å²) in [6.07, 6.45) is 0. The monoisotopic (exact) mass is 530 g/mol. The molecule has 0 saturated carbocycles. The van der Waals surface area contributed by atoms with Crippen molar-refractivity contribution in [1.82, 2.24) is 0 Å². The Morgan fingerprint density at radius 2 is 0.472 bits per heavy atom. The van der Waals surface area contributed by atoms with Gasteiger partial charge in [-0.3, -0.25) is 0 Å². The van der Waals surface area contributed by atoms with Gasteiger partial charge in [0.15, 0.2) is 64.0 Å². The van der Waals surface area contributed by atoms with Crippen molar-refractivity contribution < 1.29 is 52.7 Å². The minimum absolute atomic E-state index is 1.10. The molecule has 0 aliphatic heterocycles. The van der Waals surface area contributed by atoms with Crippen LogP contribution in [0, 0.1) is 69.8 Å². The second-order valence-electron chi connectivity index (χ2n) is 8.40. The topological polar surface area (TPSA) is 0 Å². The van der Waals surface area contributed by atoms with Gasteiger partial charge in [-0.1, -0.05) is 27.7 Å². The van der Waals surface area contributed by atoms with Crippen LogP contribution in [-0.4, -0.2) is 0 Å². The van der Waals surface area contributed by atoms with E-state index < -0.39 is 115 Å². The molecule has 0 N–H and O–H groups in total. The van der Waals surface area contributed by atoms with E-state index in [0.717, 1.165) is 27.7 Å². The van der Waals surface area contributed by atoms with Crippen LogP contribution in [0.25, 0.3) is 22.3 Å². The number of hydrogen-bond acceptors (Lipinski definition) is 0. The van der Waals surface area contributed by atoms with Gasteiger partial charge in [-0.05, 0) is 11.8 Å². The van der Waals surface area contributed by atoms with E-state index in [0.29, 0.717) is 0 Å². The molecular weight excluding hydrogens is 516 g/mol.